The minimum Gasteiger partial charge on any atom is -0.493 e. The molecule has 232 valence electrons. The van der Waals surface area contributed by atoms with Crippen LogP contribution in [0.4, 0.5) is 10.1 Å². The van der Waals surface area contributed by atoms with Crippen molar-refractivity contribution in [1.82, 2.24) is 10.2 Å². The first-order valence-electron chi connectivity index (χ1n) is 15.2. The summed E-state index contributed by atoms with van der Waals surface area (Å²) in [5.74, 6) is 0.202. The van der Waals surface area contributed by atoms with E-state index in [4.69, 9.17) is 9.47 Å². The van der Waals surface area contributed by atoms with E-state index in [1.54, 1.807) is 31.3 Å². The van der Waals surface area contributed by atoms with Crippen LogP contribution < -0.4 is 19.7 Å². The molecule has 3 amide bonds. The summed E-state index contributed by atoms with van der Waals surface area (Å²) in [7, 11) is 3.14. The number of benzene rings is 3. The van der Waals surface area contributed by atoms with E-state index in [0.29, 0.717) is 44.0 Å². The molecule has 0 bridgehead atoms. The van der Waals surface area contributed by atoms with Crippen LogP contribution in [0.15, 0.2) is 66.7 Å². The Kier molecular flexibility index (Phi) is 9.82. The van der Waals surface area contributed by atoms with E-state index in [2.05, 4.69) is 5.32 Å². The molecule has 5 rings (SSSR count). The molecule has 3 aromatic rings. The predicted molar refractivity (Wildman–Crippen MR) is 166 cm³/mol. The summed E-state index contributed by atoms with van der Waals surface area (Å²) in [6, 6.07) is 18.9. The first kappa shape index (κ1) is 31.0. The number of amides is 3. The van der Waals surface area contributed by atoms with Gasteiger partial charge in [0.05, 0.1) is 26.2 Å². The van der Waals surface area contributed by atoms with Crippen LogP contribution in [-0.4, -0.2) is 49.9 Å². The quantitative estimate of drug-likeness (QED) is 0.346. The average molecular weight is 602 g/mol. The Hall–Kier alpha value is -4.40. The number of nitrogens with zero attached hydrogens (tertiary/aromatic N) is 2. The van der Waals surface area contributed by atoms with Crippen molar-refractivity contribution in [2.24, 2.45) is 11.8 Å². The lowest BCUT2D eigenvalue weighted by Gasteiger charge is -2.43. The molecule has 0 saturated carbocycles. The number of halogens is 1. The monoisotopic (exact) mass is 601 g/mol. The average Bonchev–Trinajstić information content (AvgIpc) is 3.04. The third-order valence-electron chi connectivity index (χ3n) is 8.68. The molecular weight excluding hydrogens is 561 g/mol. The van der Waals surface area contributed by atoms with Crippen molar-refractivity contribution in [2.75, 3.05) is 32.2 Å². The number of anilines is 1. The van der Waals surface area contributed by atoms with E-state index in [1.165, 1.54) is 12.1 Å². The predicted octanol–water partition coefficient (Wildman–Crippen LogP) is 5.58. The smallest absolute Gasteiger partial charge is 0.228 e. The summed E-state index contributed by atoms with van der Waals surface area (Å²) < 4.78 is 24.3. The molecule has 1 N–H and O–H groups in total. The Morgan fingerprint density at radius 1 is 0.955 bits per heavy atom. The number of nitrogens with one attached hydrogen (secondary N) is 1. The highest BCUT2D eigenvalue weighted by Crippen LogP contribution is 2.43. The maximum Gasteiger partial charge on any atom is 0.228 e. The van der Waals surface area contributed by atoms with Gasteiger partial charge in [0.25, 0.3) is 0 Å². The summed E-state index contributed by atoms with van der Waals surface area (Å²) >= 11 is 0. The van der Waals surface area contributed by atoms with E-state index < -0.39 is 12.0 Å². The van der Waals surface area contributed by atoms with Gasteiger partial charge in [-0.3, -0.25) is 14.4 Å². The largest absolute Gasteiger partial charge is 0.493 e. The summed E-state index contributed by atoms with van der Waals surface area (Å²) in [6.07, 6.45) is 2.65. The van der Waals surface area contributed by atoms with Crippen molar-refractivity contribution in [3.8, 4) is 11.5 Å². The Morgan fingerprint density at radius 3 is 2.39 bits per heavy atom. The number of aryl methyl sites for hydroxylation is 1. The number of carbonyl (C=O) groups excluding carboxylic acids is 3. The molecular formula is C35H40FN3O5. The van der Waals surface area contributed by atoms with Crippen LogP contribution >= 0.6 is 0 Å². The van der Waals surface area contributed by atoms with E-state index in [1.807, 2.05) is 54.3 Å². The van der Waals surface area contributed by atoms with Gasteiger partial charge in [-0.05, 0) is 79.6 Å². The molecule has 3 aromatic carbocycles. The maximum absolute atomic E-state index is 14.3. The van der Waals surface area contributed by atoms with Crippen molar-refractivity contribution in [3.63, 3.8) is 0 Å². The Morgan fingerprint density at radius 2 is 1.68 bits per heavy atom. The van der Waals surface area contributed by atoms with Gasteiger partial charge >= 0.3 is 0 Å². The lowest BCUT2D eigenvalue weighted by molar-refractivity contribution is -0.141. The second-order valence-corrected chi connectivity index (χ2v) is 11.7. The van der Waals surface area contributed by atoms with Gasteiger partial charge in [0.2, 0.25) is 17.7 Å². The molecule has 44 heavy (non-hydrogen) atoms. The van der Waals surface area contributed by atoms with Gasteiger partial charge in [-0.15, -0.1) is 0 Å². The minimum absolute atomic E-state index is 0.00850. The molecule has 9 heteroatoms. The Balaban J connectivity index is 1.36. The maximum atomic E-state index is 14.3. The SMILES string of the molecule is COc1ccc(C2C(C(=O)N3CCCC(CC(=O)NCc4ccc(F)cc4)C3)CCC(=O)N2c2ccc(C)cc2)cc1OC. The molecule has 2 saturated heterocycles. The molecule has 2 aliphatic rings. The van der Waals surface area contributed by atoms with Gasteiger partial charge in [0.15, 0.2) is 11.5 Å². The molecule has 0 radical (unpaired) electrons. The van der Waals surface area contributed by atoms with Crippen LogP contribution in [-0.2, 0) is 20.9 Å². The fourth-order valence-corrected chi connectivity index (χ4v) is 6.38. The third-order valence-corrected chi connectivity index (χ3v) is 8.68. The van der Waals surface area contributed by atoms with Crippen molar-refractivity contribution >= 4 is 23.4 Å². The molecule has 2 heterocycles. The molecule has 3 atom stereocenters. The first-order chi connectivity index (χ1) is 21.3. The second-order valence-electron chi connectivity index (χ2n) is 11.7. The highest BCUT2D eigenvalue weighted by atomic mass is 19.1. The zero-order valence-electron chi connectivity index (χ0n) is 25.6. The van der Waals surface area contributed by atoms with Gasteiger partial charge in [-0.25, -0.2) is 4.39 Å². The van der Waals surface area contributed by atoms with E-state index in [0.717, 1.165) is 35.2 Å². The lowest BCUT2D eigenvalue weighted by atomic mass is 9.82. The van der Waals surface area contributed by atoms with Crippen LogP contribution in [0.2, 0.25) is 0 Å². The molecule has 2 fully saturated rings. The zero-order chi connectivity index (χ0) is 31.2. The van der Waals surface area contributed by atoms with Crippen molar-refractivity contribution in [3.05, 3.63) is 89.2 Å². The molecule has 3 unspecified atom stereocenters. The molecule has 0 aromatic heterocycles. The zero-order valence-corrected chi connectivity index (χ0v) is 25.6. The fraction of sp³-hybridized carbons (Fsp3) is 0.400. The molecule has 0 aliphatic carbocycles. The van der Waals surface area contributed by atoms with Crippen molar-refractivity contribution < 1.29 is 28.2 Å². The van der Waals surface area contributed by atoms with Crippen molar-refractivity contribution in [1.29, 1.82) is 0 Å². The number of rotatable bonds is 9. The molecule has 8 nitrogen and oxygen atoms in total. The Labute approximate surface area is 258 Å². The summed E-state index contributed by atoms with van der Waals surface area (Å²) in [5, 5.41) is 2.92. The second kappa shape index (κ2) is 13.9. The highest BCUT2D eigenvalue weighted by molar-refractivity contribution is 5.97. The van der Waals surface area contributed by atoms with Crippen LogP contribution in [0, 0.1) is 24.6 Å². The van der Waals surface area contributed by atoms with Crippen LogP contribution in [0.5, 0.6) is 11.5 Å². The summed E-state index contributed by atoms with van der Waals surface area (Å²) in [6.45, 7) is 3.42. The number of likely N-dealkylation sites (tertiary alicyclic amines) is 1. The van der Waals surface area contributed by atoms with Gasteiger partial charge < -0.3 is 24.6 Å². The summed E-state index contributed by atoms with van der Waals surface area (Å²) in [4.78, 5) is 44.3. The topological polar surface area (TPSA) is 88.2 Å². The van der Waals surface area contributed by atoms with E-state index >= 15 is 0 Å². The van der Waals surface area contributed by atoms with Crippen LogP contribution in [0.25, 0.3) is 0 Å². The Bertz CT molecular complexity index is 1480. The van der Waals surface area contributed by atoms with Crippen LogP contribution in [0.3, 0.4) is 0 Å². The highest BCUT2D eigenvalue weighted by Gasteiger charge is 2.44. The summed E-state index contributed by atoms with van der Waals surface area (Å²) in [5.41, 5.74) is 3.44. The fourth-order valence-electron chi connectivity index (χ4n) is 6.38. The normalized spacial score (nSPS) is 20.3. The van der Waals surface area contributed by atoms with E-state index in [9.17, 15) is 18.8 Å². The van der Waals surface area contributed by atoms with Crippen LogP contribution in [0.1, 0.15) is 54.8 Å². The number of hydrogen-bond acceptors (Lipinski definition) is 5. The van der Waals surface area contributed by atoms with Gasteiger partial charge in [-0.2, -0.15) is 0 Å². The minimum atomic E-state index is -0.536. The number of carbonyl (C=O) groups is 3. The number of piperidine rings is 2. The standard InChI is InChI=1S/C35H40FN3O5/c1-23-6-13-28(14-7-23)39-33(41)17-15-29(34(39)26-10-16-30(43-2)31(20-26)44-3)35(42)38-18-4-5-25(22-38)19-32(40)37-21-24-8-11-27(36)12-9-24/h6-14,16,20,25,29,34H,4-5,15,17-19,21-22H2,1-3H3,(H,37,40). The third kappa shape index (κ3) is 7.04. The molecule has 0 spiro atoms. The van der Waals surface area contributed by atoms with E-state index in [-0.39, 0.29) is 35.9 Å². The van der Waals surface area contributed by atoms with Gasteiger partial charge in [0.1, 0.15) is 5.82 Å². The first-order valence-corrected chi connectivity index (χ1v) is 15.2. The number of hydrogen-bond donors (Lipinski definition) is 1. The van der Waals surface area contributed by atoms with Gasteiger partial charge in [-0.1, -0.05) is 35.9 Å². The number of ether oxygens (including phenoxy) is 2. The lowest BCUT2D eigenvalue weighted by Crippen LogP contribution is -2.51. The van der Waals surface area contributed by atoms with Gasteiger partial charge in [0, 0.05) is 38.2 Å². The van der Waals surface area contributed by atoms with Crippen molar-refractivity contribution in [2.45, 2.75) is 51.6 Å². The number of methoxy groups -OCH3 is 2. The molecule has 2 aliphatic heterocycles.